The average molecular weight is 1270 g/mol. The molecule has 3 atom stereocenters. The van der Waals surface area contributed by atoms with E-state index in [0.717, 1.165) is 98.7 Å². The minimum atomic E-state index is -1.34. The van der Waals surface area contributed by atoms with Crippen LogP contribution >= 0.6 is 0 Å². The smallest absolute Gasteiger partial charge is 0.543 e. The third kappa shape index (κ3) is 17.1. The molecule has 3 aliphatic carbocycles. The summed E-state index contributed by atoms with van der Waals surface area (Å²) >= 11 is 0. The van der Waals surface area contributed by atoms with Crippen LogP contribution in [0.4, 0.5) is 38.4 Å². The quantitative estimate of drug-likeness (QED) is 0.117. The fourth-order valence-electron chi connectivity index (χ4n) is 11.6. The van der Waals surface area contributed by atoms with Gasteiger partial charge in [0.1, 0.15) is 57.2 Å². The number of carbonyl (C=O) groups excluding carboxylic acids is 5. The molecule has 3 aliphatic heterocycles. The Labute approximate surface area is 551 Å². The van der Waals surface area contributed by atoms with Crippen molar-refractivity contribution < 1.29 is 66.9 Å². The second-order valence-electron chi connectivity index (χ2n) is 26.2. The van der Waals surface area contributed by atoms with Crippen molar-refractivity contribution in [2.75, 3.05) is 78.8 Å². The van der Waals surface area contributed by atoms with Gasteiger partial charge in [0.25, 0.3) is 11.8 Å². The molecule has 0 bridgehead atoms. The number of fused-ring (bicyclic) bond motifs is 2. The van der Waals surface area contributed by atoms with Crippen LogP contribution in [0.2, 0.25) is 0 Å². The van der Waals surface area contributed by atoms with E-state index in [9.17, 15) is 29.1 Å². The molecule has 8 heterocycles. The number of ether oxygens (including phenoxy) is 4. The first-order valence-electron chi connectivity index (χ1n) is 31.3. The van der Waals surface area contributed by atoms with Crippen LogP contribution in [0.25, 0.3) is 21.8 Å². The standard InChI is InChI=1S/C26H33N7O4.C21H25N7O2.C17H24N4O4.Li/c1-26(2,3)37-25(35)33(17-6-7-17)18-8-9-32(15-18)23-13-27-21(12-28-23)24(34)29-20-10-16-14-31(4)30-19(16)11-22(20)36-5;1-27-11-13-7-17(19(30-2)8-16(13)26-27)25-21(29)18-9-23-20(10-22-18)28-6-5-15(12-28)24-14-3-4-14;1-17(2,3)25-16(24)21(11-4-5-11)12-6-7-20(10-12)14-9-18-13(8-19-14)15(22)23;/h10-14,17-18H,6-9,15H2,1-5H3,(H,29,34);7-11,14-15,24H,3-6,12H2,1-2H3,(H,25,29);8-9,11-12H,4-7,10H2,1-3H3,(H,22,23);/q;;;+1/p-1/t18-;15-;12-;/m111./s1. The average Bonchev–Trinajstić information content (AvgIpc) is 1.72. The van der Waals surface area contributed by atoms with Crippen LogP contribution in [-0.4, -0.2) is 190 Å². The second kappa shape index (κ2) is 28.2. The van der Waals surface area contributed by atoms with Crippen LogP contribution in [0.3, 0.4) is 0 Å². The predicted octanol–water partition coefficient (Wildman–Crippen LogP) is 3.38. The van der Waals surface area contributed by atoms with Crippen molar-refractivity contribution in [1.29, 1.82) is 0 Å². The van der Waals surface area contributed by atoms with E-state index >= 15 is 0 Å². The zero-order valence-corrected chi connectivity index (χ0v) is 54.8. The summed E-state index contributed by atoms with van der Waals surface area (Å²) in [6, 6.07) is 9.09. The summed E-state index contributed by atoms with van der Waals surface area (Å²) in [5.74, 6) is 1.09. The van der Waals surface area contributed by atoms with Crippen molar-refractivity contribution in [3.8, 4) is 11.5 Å². The number of carboxylic acids is 1. The molecule has 5 aromatic heterocycles. The first-order valence-corrected chi connectivity index (χ1v) is 31.3. The van der Waals surface area contributed by atoms with E-state index in [1.165, 1.54) is 37.6 Å². The van der Waals surface area contributed by atoms with Crippen molar-refractivity contribution in [2.45, 2.75) is 147 Å². The zero-order chi connectivity index (χ0) is 65.2. The minimum absolute atomic E-state index is 0. The summed E-state index contributed by atoms with van der Waals surface area (Å²) in [7, 11) is 6.80. The van der Waals surface area contributed by atoms with Gasteiger partial charge in [0.2, 0.25) is 0 Å². The number of amides is 4. The molecule has 7 aromatic rings. The monoisotopic (exact) mass is 1270 g/mol. The third-order valence-corrected chi connectivity index (χ3v) is 16.4. The summed E-state index contributed by atoms with van der Waals surface area (Å²) in [4.78, 5) is 97.6. The molecule has 0 radical (unpaired) electrons. The molecule has 93 heavy (non-hydrogen) atoms. The molecule has 2 aromatic carbocycles. The van der Waals surface area contributed by atoms with E-state index in [0.29, 0.717) is 59.7 Å². The number of benzene rings is 2. The number of hydrogen-bond donors (Lipinski definition) is 3. The number of rotatable bonds is 16. The Kier molecular flexibility index (Phi) is 20.3. The van der Waals surface area contributed by atoms with Crippen LogP contribution in [0.1, 0.15) is 131 Å². The number of aromatic carboxylic acids is 1. The maximum atomic E-state index is 12.9. The number of anilines is 5. The van der Waals surface area contributed by atoms with E-state index in [-0.39, 0.29) is 84.1 Å². The van der Waals surface area contributed by atoms with Crippen LogP contribution in [-0.2, 0) is 23.6 Å². The molecule has 6 aliphatic rings. The fourth-order valence-corrected chi connectivity index (χ4v) is 11.6. The van der Waals surface area contributed by atoms with Crippen LogP contribution < -0.4 is 64.1 Å². The number of aryl methyl sites for hydroxylation is 2. The van der Waals surface area contributed by atoms with Gasteiger partial charge in [-0.05, 0) is 111 Å². The Morgan fingerprint density at radius 1 is 0.505 bits per heavy atom. The van der Waals surface area contributed by atoms with Crippen molar-refractivity contribution in [1.82, 2.24) is 64.6 Å². The first kappa shape index (κ1) is 67.0. The van der Waals surface area contributed by atoms with Gasteiger partial charge < -0.3 is 69.3 Å². The summed E-state index contributed by atoms with van der Waals surface area (Å²) in [6.45, 7) is 15.9. The molecule has 0 unspecified atom stereocenters. The molecular formula is C64H81LiN18O10. The SMILES string of the molecule is CC(C)(C)OC(=O)N(C1CC1)[C@@H]1CCN(c2cnc(C(=O)[O-])cn2)C1.COc1cc2nn(C)cc2cc1NC(=O)c1cnc(N2CC[C@@H](N(C(=O)OC(C)(C)C)C3CC3)C2)cn1.COc1cc2nn(C)cc2cc1NC(=O)c1cnc(N2CC[C@@H](NC3CC3)C2)cn1.[Li+]. The van der Waals surface area contributed by atoms with E-state index < -0.39 is 17.2 Å². The van der Waals surface area contributed by atoms with E-state index in [1.54, 1.807) is 48.1 Å². The first-order chi connectivity index (χ1) is 43.9. The zero-order valence-electron chi connectivity index (χ0n) is 54.8. The van der Waals surface area contributed by atoms with Crippen molar-refractivity contribution in [3.05, 3.63) is 90.9 Å². The van der Waals surface area contributed by atoms with Gasteiger partial charge in [-0.3, -0.25) is 19.0 Å². The van der Waals surface area contributed by atoms with Gasteiger partial charge in [-0.1, -0.05) is 0 Å². The van der Waals surface area contributed by atoms with Crippen LogP contribution in [0, 0.1) is 0 Å². The number of methoxy groups -OCH3 is 2. The van der Waals surface area contributed by atoms with Crippen molar-refractivity contribution >= 4 is 80.6 Å². The van der Waals surface area contributed by atoms with E-state index in [1.807, 2.05) is 94.9 Å². The predicted molar refractivity (Wildman–Crippen MR) is 341 cm³/mol. The molecule has 3 N–H and O–H groups in total. The largest absolute Gasteiger partial charge is 1.00 e. The second-order valence-corrected chi connectivity index (χ2v) is 26.2. The molecule has 4 amide bonds. The molecule has 3 saturated carbocycles. The number of nitrogens with zero attached hydrogens (tertiary/aromatic N) is 15. The number of nitrogens with one attached hydrogen (secondary N) is 3. The van der Waals surface area contributed by atoms with Crippen LogP contribution in [0.5, 0.6) is 11.5 Å². The van der Waals surface area contributed by atoms with Gasteiger partial charge in [0, 0.05) is 113 Å². The molecule has 0 spiro atoms. The van der Waals surface area contributed by atoms with Gasteiger partial charge in [-0.2, -0.15) is 10.2 Å². The Morgan fingerprint density at radius 2 is 0.903 bits per heavy atom. The maximum Gasteiger partial charge on any atom is 1.00 e. The van der Waals surface area contributed by atoms with Gasteiger partial charge in [0.15, 0.2) is 0 Å². The minimum Gasteiger partial charge on any atom is -0.543 e. The summed E-state index contributed by atoms with van der Waals surface area (Å²) in [5.41, 5.74) is 1.90. The van der Waals surface area contributed by atoms with Gasteiger partial charge in [-0.15, -0.1) is 0 Å². The Morgan fingerprint density at radius 3 is 1.26 bits per heavy atom. The molecule has 29 heteroatoms. The summed E-state index contributed by atoms with van der Waals surface area (Å²) in [6.07, 6.45) is 21.5. The number of aromatic nitrogens is 10. The maximum absolute atomic E-state index is 12.9. The Balaban J connectivity index is 0.000000155. The number of carboxylic acid groups (broad SMARTS) is 1. The van der Waals surface area contributed by atoms with Crippen LogP contribution in [0.15, 0.2) is 73.8 Å². The molecule has 28 nitrogen and oxygen atoms in total. The van der Waals surface area contributed by atoms with Gasteiger partial charge in [-0.25, -0.2) is 39.5 Å². The molecule has 6 fully saturated rings. The number of hydrogen-bond acceptors (Lipinski definition) is 22. The normalized spacial score (nSPS) is 18.6. The molecule has 488 valence electrons. The Hall–Kier alpha value is -8.87. The fraction of sp³-hybridized carbons (Fsp3) is 0.516. The van der Waals surface area contributed by atoms with E-state index in [2.05, 4.69) is 65.9 Å². The molecular weight excluding hydrogens is 1190 g/mol. The number of carbonyl (C=O) groups is 5. The topological polar surface area (TPSA) is 311 Å². The third-order valence-electron chi connectivity index (χ3n) is 16.4. The summed E-state index contributed by atoms with van der Waals surface area (Å²) in [5, 5.41) is 30.7. The summed E-state index contributed by atoms with van der Waals surface area (Å²) < 4.78 is 25.5. The van der Waals surface area contributed by atoms with Gasteiger partial charge >= 0.3 is 31.0 Å². The van der Waals surface area contributed by atoms with Crippen molar-refractivity contribution in [2.24, 2.45) is 14.1 Å². The molecule has 13 rings (SSSR count). The van der Waals surface area contributed by atoms with E-state index in [4.69, 9.17) is 18.9 Å². The Bertz CT molecular complexity index is 3810. The van der Waals surface area contributed by atoms with Gasteiger partial charge in [0.05, 0.1) is 91.9 Å². The molecule has 3 saturated heterocycles. The van der Waals surface area contributed by atoms with Crippen molar-refractivity contribution in [3.63, 3.8) is 0 Å².